The zero-order chi connectivity index (χ0) is 16.4. The van der Waals surface area contributed by atoms with Crippen LogP contribution < -0.4 is 5.56 Å². The number of thiophene rings is 1. The second-order valence-corrected chi connectivity index (χ2v) is 7.46. The van der Waals surface area contributed by atoms with E-state index in [0.29, 0.717) is 11.3 Å². The molecule has 0 aliphatic heterocycles. The Morgan fingerprint density at radius 3 is 3.04 bits per heavy atom. The molecule has 0 spiro atoms. The van der Waals surface area contributed by atoms with Crippen LogP contribution in [0.2, 0.25) is 0 Å². The average Bonchev–Trinajstić information content (AvgIpc) is 2.94. The maximum atomic E-state index is 12.5. The molecule has 2 aromatic rings. The molecule has 0 radical (unpaired) electrons. The molecule has 6 heteroatoms. The standard InChI is InChI=1S/C17H22N2O3S/c1-3-13-8-14-16(23-13)18-10-19(17(14)21)9-15(20)22-12-6-4-5-11(2)7-12/h8,10-12H,3-7,9H2,1-2H3/t11-,12+/m0/s1. The number of carbonyl (C=O) groups is 1. The van der Waals surface area contributed by atoms with Gasteiger partial charge in [0, 0.05) is 4.88 Å². The quantitative estimate of drug-likeness (QED) is 0.806. The summed E-state index contributed by atoms with van der Waals surface area (Å²) >= 11 is 1.53. The smallest absolute Gasteiger partial charge is 0.326 e. The van der Waals surface area contributed by atoms with Crippen molar-refractivity contribution in [1.29, 1.82) is 0 Å². The second kappa shape index (κ2) is 6.83. The van der Waals surface area contributed by atoms with E-state index in [1.807, 2.05) is 13.0 Å². The zero-order valence-corrected chi connectivity index (χ0v) is 14.4. The third kappa shape index (κ3) is 3.63. The fourth-order valence-electron chi connectivity index (χ4n) is 3.14. The number of ether oxygens (including phenoxy) is 1. The summed E-state index contributed by atoms with van der Waals surface area (Å²) in [6.45, 7) is 4.17. The summed E-state index contributed by atoms with van der Waals surface area (Å²) in [7, 11) is 0. The third-order valence-electron chi connectivity index (χ3n) is 4.40. The number of fused-ring (bicyclic) bond motifs is 1. The molecule has 124 valence electrons. The van der Waals surface area contributed by atoms with Crippen LogP contribution in [-0.4, -0.2) is 21.6 Å². The fraction of sp³-hybridized carbons (Fsp3) is 0.588. The van der Waals surface area contributed by atoms with Gasteiger partial charge in [-0.1, -0.05) is 20.3 Å². The molecule has 0 saturated heterocycles. The average molecular weight is 334 g/mol. The summed E-state index contributed by atoms with van der Waals surface area (Å²) in [4.78, 5) is 30.7. The van der Waals surface area contributed by atoms with Crippen LogP contribution in [0.5, 0.6) is 0 Å². The highest BCUT2D eigenvalue weighted by Crippen LogP contribution is 2.26. The van der Waals surface area contributed by atoms with Gasteiger partial charge in [-0.15, -0.1) is 11.3 Å². The minimum Gasteiger partial charge on any atom is -0.461 e. The van der Waals surface area contributed by atoms with E-state index in [9.17, 15) is 9.59 Å². The summed E-state index contributed by atoms with van der Waals surface area (Å²) in [5, 5.41) is 0.591. The molecular weight excluding hydrogens is 312 g/mol. The Labute approximate surface area is 139 Å². The minimum absolute atomic E-state index is 0.00789. The normalized spacial score (nSPS) is 21.5. The summed E-state index contributed by atoms with van der Waals surface area (Å²) in [6, 6.07) is 1.87. The first-order valence-electron chi connectivity index (χ1n) is 8.24. The zero-order valence-electron chi connectivity index (χ0n) is 13.6. The molecule has 2 heterocycles. The minimum atomic E-state index is -0.349. The van der Waals surface area contributed by atoms with Crippen LogP contribution in [-0.2, 0) is 22.5 Å². The molecule has 0 N–H and O–H groups in total. The van der Waals surface area contributed by atoms with Crippen molar-refractivity contribution in [3.05, 3.63) is 27.6 Å². The van der Waals surface area contributed by atoms with Gasteiger partial charge in [-0.05, 0) is 37.7 Å². The molecule has 1 saturated carbocycles. The number of hydrogen-bond acceptors (Lipinski definition) is 5. The molecule has 0 aromatic carbocycles. The second-order valence-electron chi connectivity index (χ2n) is 6.35. The summed E-state index contributed by atoms with van der Waals surface area (Å²) in [6.07, 6.45) is 6.46. The molecule has 1 fully saturated rings. The van der Waals surface area contributed by atoms with Crippen molar-refractivity contribution in [2.45, 2.75) is 58.6 Å². The number of aromatic nitrogens is 2. The van der Waals surface area contributed by atoms with Gasteiger partial charge in [-0.2, -0.15) is 0 Å². The van der Waals surface area contributed by atoms with Crippen LogP contribution >= 0.6 is 11.3 Å². The molecule has 1 aliphatic carbocycles. The van der Waals surface area contributed by atoms with Crippen molar-refractivity contribution in [3.8, 4) is 0 Å². The van der Waals surface area contributed by atoms with Crippen LogP contribution in [0.15, 0.2) is 17.2 Å². The molecule has 0 amide bonds. The van der Waals surface area contributed by atoms with Gasteiger partial charge in [0.1, 0.15) is 17.5 Å². The van der Waals surface area contributed by atoms with Crippen molar-refractivity contribution in [3.63, 3.8) is 0 Å². The third-order valence-corrected chi connectivity index (χ3v) is 5.59. The molecule has 0 unspecified atom stereocenters. The number of rotatable bonds is 4. The van der Waals surface area contributed by atoms with E-state index in [4.69, 9.17) is 4.74 Å². The van der Waals surface area contributed by atoms with Crippen molar-refractivity contribution in [1.82, 2.24) is 9.55 Å². The molecule has 3 rings (SSSR count). The van der Waals surface area contributed by atoms with Crippen molar-refractivity contribution < 1.29 is 9.53 Å². The van der Waals surface area contributed by atoms with E-state index in [0.717, 1.165) is 35.4 Å². The van der Waals surface area contributed by atoms with Gasteiger partial charge in [0.15, 0.2) is 0 Å². The van der Waals surface area contributed by atoms with Crippen molar-refractivity contribution in [2.24, 2.45) is 5.92 Å². The predicted molar refractivity (Wildman–Crippen MR) is 90.8 cm³/mol. The van der Waals surface area contributed by atoms with Gasteiger partial charge in [-0.3, -0.25) is 14.2 Å². The van der Waals surface area contributed by atoms with Crippen molar-refractivity contribution in [2.75, 3.05) is 0 Å². The molecule has 2 aromatic heterocycles. The Morgan fingerprint density at radius 2 is 2.30 bits per heavy atom. The summed E-state index contributed by atoms with van der Waals surface area (Å²) < 4.78 is 6.89. The van der Waals surface area contributed by atoms with Gasteiger partial charge in [0.05, 0.1) is 11.7 Å². The van der Waals surface area contributed by atoms with Crippen LogP contribution in [0.3, 0.4) is 0 Å². The van der Waals surface area contributed by atoms with E-state index in [1.54, 1.807) is 0 Å². The van der Waals surface area contributed by atoms with Crippen LogP contribution in [0.25, 0.3) is 10.2 Å². The Balaban J connectivity index is 1.72. The molecule has 2 atom stereocenters. The number of carbonyl (C=O) groups excluding carboxylic acids is 1. The monoisotopic (exact) mass is 334 g/mol. The lowest BCUT2D eigenvalue weighted by atomic mass is 9.89. The van der Waals surface area contributed by atoms with E-state index in [2.05, 4.69) is 11.9 Å². The number of nitrogens with zero attached hydrogens (tertiary/aromatic N) is 2. The van der Waals surface area contributed by atoms with E-state index in [1.165, 1.54) is 28.7 Å². The van der Waals surface area contributed by atoms with Gasteiger partial charge < -0.3 is 4.74 Å². The Morgan fingerprint density at radius 1 is 1.48 bits per heavy atom. The molecule has 5 nitrogen and oxygen atoms in total. The SMILES string of the molecule is CCc1cc2c(=O)n(CC(=O)O[C@@H]3CCC[C@H](C)C3)cnc2s1. The van der Waals surface area contributed by atoms with E-state index >= 15 is 0 Å². The summed E-state index contributed by atoms with van der Waals surface area (Å²) in [5.41, 5.74) is -0.167. The Kier molecular flexibility index (Phi) is 4.80. The highest BCUT2D eigenvalue weighted by Gasteiger charge is 2.22. The fourth-order valence-corrected chi connectivity index (χ4v) is 4.07. The van der Waals surface area contributed by atoms with Gasteiger partial charge >= 0.3 is 5.97 Å². The van der Waals surface area contributed by atoms with E-state index < -0.39 is 0 Å². The largest absolute Gasteiger partial charge is 0.461 e. The molecule has 0 bridgehead atoms. The summed E-state index contributed by atoms with van der Waals surface area (Å²) in [5.74, 6) is 0.249. The number of hydrogen-bond donors (Lipinski definition) is 0. The highest BCUT2D eigenvalue weighted by molar-refractivity contribution is 7.18. The molecule has 1 aliphatic rings. The van der Waals surface area contributed by atoms with Crippen LogP contribution in [0.1, 0.15) is 44.4 Å². The van der Waals surface area contributed by atoms with Crippen LogP contribution in [0, 0.1) is 5.92 Å². The Bertz CT molecular complexity index is 765. The van der Waals surface area contributed by atoms with Crippen molar-refractivity contribution >= 4 is 27.5 Å². The lowest BCUT2D eigenvalue weighted by molar-refractivity contribution is -0.152. The number of aryl methyl sites for hydroxylation is 1. The van der Waals surface area contributed by atoms with Gasteiger partial charge in [-0.25, -0.2) is 4.98 Å². The predicted octanol–water partition coefficient (Wildman–Crippen LogP) is 3.14. The Hall–Kier alpha value is -1.69. The van der Waals surface area contributed by atoms with Crippen LogP contribution in [0.4, 0.5) is 0 Å². The first kappa shape index (κ1) is 16.2. The van der Waals surface area contributed by atoms with E-state index in [-0.39, 0.29) is 24.2 Å². The lowest BCUT2D eigenvalue weighted by Gasteiger charge is -2.26. The topological polar surface area (TPSA) is 61.2 Å². The maximum Gasteiger partial charge on any atom is 0.326 e. The molecular formula is C17H22N2O3S. The first-order valence-corrected chi connectivity index (χ1v) is 9.05. The van der Waals surface area contributed by atoms with Gasteiger partial charge in [0.2, 0.25) is 0 Å². The molecule has 23 heavy (non-hydrogen) atoms. The first-order chi connectivity index (χ1) is 11.1. The van der Waals surface area contributed by atoms with Gasteiger partial charge in [0.25, 0.3) is 5.56 Å². The lowest BCUT2D eigenvalue weighted by Crippen LogP contribution is -2.30. The maximum absolute atomic E-state index is 12.5. The number of esters is 1. The highest BCUT2D eigenvalue weighted by atomic mass is 32.1.